The number of hydrogen-bond acceptors (Lipinski definition) is 4. The summed E-state index contributed by atoms with van der Waals surface area (Å²) in [5, 5.41) is 14.3. The van der Waals surface area contributed by atoms with Gasteiger partial charge in [-0.25, -0.2) is 0 Å². The zero-order valence-corrected chi connectivity index (χ0v) is 11.6. The summed E-state index contributed by atoms with van der Waals surface area (Å²) in [7, 11) is 0. The molecule has 5 heteroatoms. The monoisotopic (exact) mass is 264 g/mol. The fourth-order valence-electron chi connectivity index (χ4n) is 2.44. The Labute approximate surface area is 113 Å². The van der Waals surface area contributed by atoms with Crippen LogP contribution >= 0.6 is 0 Å². The Hall–Kier alpha value is -1.62. The lowest BCUT2D eigenvalue weighted by atomic mass is 9.89. The van der Waals surface area contributed by atoms with Crippen molar-refractivity contribution in [2.24, 2.45) is 0 Å². The molecular formula is C14H20N2O3. The van der Waals surface area contributed by atoms with Gasteiger partial charge in [-0.3, -0.25) is 10.1 Å². The number of hydrogen-bond donors (Lipinski definition) is 1. The van der Waals surface area contributed by atoms with E-state index in [1.165, 1.54) is 0 Å². The second kappa shape index (κ2) is 5.57. The van der Waals surface area contributed by atoms with Crippen LogP contribution in [0.15, 0.2) is 12.1 Å². The van der Waals surface area contributed by atoms with E-state index < -0.39 is 0 Å². The summed E-state index contributed by atoms with van der Waals surface area (Å²) in [4.78, 5) is 10.6. The van der Waals surface area contributed by atoms with Crippen molar-refractivity contribution in [2.75, 3.05) is 6.54 Å². The number of nitrogens with zero attached hydrogens (tertiary/aromatic N) is 1. The van der Waals surface area contributed by atoms with Gasteiger partial charge in [-0.1, -0.05) is 6.92 Å². The Bertz CT molecular complexity index is 482. The van der Waals surface area contributed by atoms with Gasteiger partial charge in [0, 0.05) is 11.6 Å². The molecule has 0 unspecified atom stereocenters. The van der Waals surface area contributed by atoms with Crippen molar-refractivity contribution in [1.82, 2.24) is 5.32 Å². The number of aryl methyl sites for hydroxylation is 2. The second-order valence-corrected chi connectivity index (χ2v) is 5.13. The molecule has 0 heterocycles. The van der Waals surface area contributed by atoms with Crippen LogP contribution in [0.2, 0.25) is 0 Å². The standard InChI is InChI=1S/C14H20N2O3/c1-4-15-11-6-12(7-11)19-14-8-13(16(17)18)9(2)5-10(14)3/h5,8,11-12,15H,4,6-7H2,1-3H3. The quantitative estimate of drug-likeness (QED) is 0.656. The fraction of sp³-hybridized carbons (Fsp3) is 0.571. The summed E-state index contributed by atoms with van der Waals surface area (Å²) in [6.07, 6.45) is 2.11. The predicted octanol–water partition coefficient (Wildman–Crippen LogP) is 2.73. The molecule has 0 aliphatic heterocycles. The minimum atomic E-state index is -0.357. The summed E-state index contributed by atoms with van der Waals surface area (Å²) >= 11 is 0. The molecule has 0 atom stereocenters. The molecular weight excluding hydrogens is 244 g/mol. The molecule has 0 bridgehead atoms. The van der Waals surface area contributed by atoms with Crippen molar-refractivity contribution in [3.8, 4) is 5.75 Å². The smallest absolute Gasteiger partial charge is 0.276 e. The molecule has 19 heavy (non-hydrogen) atoms. The largest absolute Gasteiger partial charge is 0.490 e. The normalized spacial score (nSPS) is 21.8. The van der Waals surface area contributed by atoms with E-state index in [1.54, 1.807) is 13.0 Å². The lowest BCUT2D eigenvalue weighted by Gasteiger charge is -2.36. The van der Waals surface area contributed by atoms with Crippen LogP contribution in [0.1, 0.15) is 30.9 Å². The highest BCUT2D eigenvalue weighted by Gasteiger charge is 2.30. The average molecular weight is 264 g/mol. The van der Waals surface area contributed by atoms with Crippen LogP contribution in [-0.2, 0) is 0 Å². The Morgan fingerprint density at radius 2 is 2.05 bits per heavy atom. The first-order valence-corrected chi connectivity index (χ1v) is 6.67. The maximum absolute atomic E-state index is 10.9. The molecule has 1 fully saturated rings. The summed E-state index contributed by atoms with van der Waals surface area (Å²) < 4.78 is 5.86. The molecule has 0 spiro atoms. The first-order valence-electron chi connectivity index (χ1n) is 6.67. The van der Waals surface area contributed by atoms with E-state index in [0.29, 0.717) is 17.4 Å². The highest BCUT2D eigenvalue weighted by Crippen LogP contribution is 2.32. The molecule has 0 aromatic heterocycles. The lowest BCUT2D eigenvalue weighted by molar-refractivity contribution is -0.385. The summed E-state index contributed by atoms with van der Waals surface area (Å²) in [6.45, 7) is 6.72. The Kier molecular flexibility index (Phi) is 4.04. The first kappa shape index (κ1) is 13.8. The zero-order valence-electron chi connectivity index (χ0n) is 11.6. The molecule has 1 aliphatic rings. The molecule has 1 N–H and O–H groups in total. The maximum atomic E-state index is 10.9. The minimum absolute atomic E-state index is 0.128. The number of ether oxygens (including phenoxy) is 1. The number of nitrogens with one attached hydrogen (secondary N) is 1. The van der Waals surface area contributed by atoms with E-state index in [1.807, 2.05) is 13.0 Å². The van der Waals surface area contributed by atoms with Gasteiger partial charge in [0.1, 0.15) is 11.9 Å². The van der Waals surface area contributed by atoms with Gasteiger partial charge in [0.25, 0.3) is 5.69 Å². The zero-order chi connectivity index (χ0) is 14.0. The van der Waals surface area contributed by atoms with Crippen LogP contribution < -0.4 is 10.1 Å². The van der Waals surface area contributed by atoms with Crippen LogP contribution in [0, 0.1) is 24.0 Å². The third-order valence-electron chi connectivity index (χ3n) is 3.57. The summed E-state index contributed by atoms with van der Waals surface area (Å²) in [6, 6.07) is 3.88. The van der Waals surface area contributed by atoms with Crippen LogP contribution in [0.4, 0.5) is 5.69 Å². The third-order valence-corrected chi connectivity index (χ3v) is 3.57. The van der Waals surface area contributed by atoms with Crippen molar-refractivity contribution in [3.63, 3.8) is 0 Å². The highest BCUT2D eigenvalue weighted by molar-refractivity contribution is 5.49. The van der Waals surface area contributed by atoms with Crippen LogP contribution in [0.25, 0.3) is 0 Å². The lowest BCUT2D eigenvalue weighted by Crippen LogP contribution is -2.46. The number of nitro benzene ring substituents is 1. The molecule has 104 valence electrons. The SMILES string of the molecule is CCNC1CC(Oc2cc([N+](=O)[O-])c(C)cc2C)C1. The van der Waals surface area contributed by atoms with Gasteiger partial charge in [0.05, 0.1) is 11.0 Å². The summed E-state index contributed by atoms with van der Waals surface area (Å²) in [5.74, 6) is 0.636. The molecule has 1 aromatic carbocycles. The van der Waals surface area contributed by atoms with E-state index >= 15 is 0 Å². The Morgan fingerprint density at radius 3 is 2.63 bits per heavy atom. The molecule has 0 amide bonds. The first-order chi connectivity index (χ1) is 9.01. The van der Waals surface area contributed by atoms with Crippen molar-refractivity contribution < 1.29 is 9.66 Å². The van der Waals surface area contributed by atoms with Gasteiger partial charge in [0.15, 0.2) is 0 Å². The molecule has 0 radical (unpaired) electrons. The minimum Gasteiger partial charge on any atom is -0.490 e. The molecule has 1 aliphatic carbocycles. The average Bonchev–Trinajstić information content (AvgIpc) is 2.28. The third kappa shape index (κ3) is 3.04. The van der Waals surface area contributed by atoms with E-state index in [9.17, 15) is 10.1 Å². The van der Waals surface area contributed by atoms with E-state index in [4.69, 9.17) is 4.74 Å². The Balaban J connectivity index is 2.05. The summed E-state index contributed by atoms with van der Waals surface area (Å²) in [5.41, 5.74) is 1.76. The molecule has 1 aromatic rings. The number of rotatable bonds is 5. The highest BCUT2D eigenvalue weighted by atomic mass is 16.6. The second-order valence-electron chi connectivity index (χ2n) is 5.13. The van der Waals surface area contributed by atoms with Crippen molar-refractivity contribution in [1.29, 1.82) is 0 Å². The molecule has 1 saturated carbocycles. The number of nitro groups is 1. The van der Waals surface area contributed by atoms with E-state index in [2.05, 4.69) is 12.2 Å². The van der Waals surface area contributed by atoms with E-state index in [0.717, 1.165) is 24.9 Å². The number of benzene rings is 1. The van der Waals surface area contributed by atoms with Gasteiger partial charge in [-0.05, 0) is 44.9 Å². The van der Waals surface area contributed by atoms with E-state index in [-0.39, 0.29) is 16.7 Å². The molecule has 2 rings (SSSR count). The van der Waals surface area contributed by atoms with Crippen LogP contribution in [0.3, 0.4) is 0 Å². The van der Waals surface area contributed by atoms with Crippen molar-refractivity contribution in [2.45, 2.75) is 45.8 Å². The maximum Gasteiger partial charge on any atom is 0.276 e. The van der Waals surface area contributed by atoms with Gasteiger partial charge >= 0.3 is 0 Å². The van der Waals surface area contributed by atoms with Gasteiger partial charge in [-0.15, -0.1) is 0 Å². The van der Waals surface area contributed by atoms with Crippen molar-refractivity contribution >= 4 is 5.69 Å². The molecule has 0 saturated heterocycles. The topological polar surface area (TPSA) is 64.4 Å². The molecule has 5 nitrogen and oxygen atoms in total. The van der Waals surface area contributed by atoms with Gasteiger partial charge < -0.3 is 10.1 Å². The Morgan fingerprint density at radius 1 is 1.37 bits per heavy atom. The van der Waals surface area contributed by atoms with Crippen molar-refractivity contribution in [3.05, 3.63) is 33.4 Å². The van der Waals surface area contributed by atoms with Crippen LogP contribution in [-0.4, -0.2) is 23.6 Å². The van der Waals surface area contributed by atoms with Crippen LogP contribution in [0.5, 0.6) is 5.75 Å². The fourth-order valence-corrected chi connectivity index (χ4v) is 2.44. The van der Waals surface area contributed by atoms with Gasteiger partial charge in [-0.2, -0.15) is 0 Å². The van der Waals surface area contributed by atoms with Gasteiger partial charge in [0.2, 0.25) is 0 Å². The predicted molar refractivity (Wildman–Crippen MR) is 73.7 cm³/mol.